The molecule has 0 aliphatic carbocycles. The third-order valence-electron chi connectivity index (χ3n) is 13.4. The van der Waals surface area contributed by atoms with Gasteiger partial charge in [-0.25, -0.2) is 4.98 Å². The molecular weight excluding hydrogens is 865 g/mol. The van der Waals surface area contributed by atoms with E-state index in [1.54, 1.807) is 81.9 Å². The minimum absolute atomic E-state index is 0.000936. The number of nitrogens with zero attached hydrogens (tertiary/aromatic N) is 4. The second kappa shape index (κ2) is 16.4. The van der Waals surface area contributed by atoms with E-state index in [4.69, 9.17) is 24.8 Å². The Morgan fingerprint density at radius 2 is 1.24 bits per heavy atom. The number of pyridine rings is 1. The highest BCUT2D eigenvalue weighted by Gasteiger charge is 2.29. The molecule has 0 bridgehead atoms. The van der Waals surface area contributed by atoms with E-state index in [9.17, 15) is 5.48 Å². The maximum absolute atomic E-state index is 9.75. The molecule has 5 heteroatoms. The maximum atomic E-state index is 9.75. The summed E-state index contributed by atoms with van der Waals surface area (Å²) in [4.78, 5) is 4.85. The van der Waals surface area contributed by atoms with Crippen LogP contribution in [0.5, 0.6) is 11.5 Å². The number of fused-ring (bicyclic) bond motifs is 10. The van der Waals surface area contributed by atoms with Gasteiger partial charge in [-0.05, 0) is 140 Å². The van der Waals surface area contributed by atoms with Gasteiger partial charge in [0.05, 0.1) is 45.8 Å². The Bertz CT molecular complexity index is 4820. The van der Waals surface area contributed by atoms with Crippen LogP contribution in [-0.2, 0) is 5.41 Å². The maximum Gasteiger partial charge on any atom is 0.269 e. The van der Waals surface area contributed by atoms with Crippen LogP contribution in [0.3, 0.4) is 0 Å². The second-order valence-corrected chi connectivity index (χ2v) is 18.6. The molecule has 0 spiro atoms. The molecule has 71 heavy (non-hydrogen) atoms. The van der Waals surface area contributed by atoms with Crippen molar-refractivity contribution in [1.29, 1.82) is 0 Å². The molecule has 13 rings (SSSR count). The molecule has 340 valence electrons. The Hall–Kier alpha value is -8.80. The van der Waals surface area contributed by atoms with E-state index in [2.05, 4.69) is 49.9 Å². The Morgan fingerprint density at radius 3 is 2.06 bits per heavy atom. The zero-order valence-corrected chi connectivity index (χ0v) is 38.7. The van der Waals surface area contributed by atoms with Crippen LogP contribution in [-0.4, -0.2) is 14.1 Å². The van der Waals surface area contributed by atoms with E-state index in [-0.39, 0.29) is 77.8 Å². The molecule has 0 atom stereocenters. The van der Waals surface area contributed by atoms with E-state index < -0.39 is 68.1 Å². The van der Waals surface area contributed by atoms with Crippen LogP contribution in [0.15, 0.2) is 212 Å². The summed E-state index contributed by atoms with van der Waals surface area (Å²) in [5, 5.41) is 2.02. The minimum Gasteiger partial charge on any atom is -0.458 e. The number of aromatic nitrogens is 4. The topological polar surface area (TPSA) is 35.9 Å². The number of para-hydroxylation sites is 2. The summed E-state index contributed by atoms with van der Waals surface area (Å²) in [6, 6.07) is 39.4. The van der Waals surface area contributed by atoms with E-state index in [1.807, 2.05) is 48.7 Å². The zero-order valence-electron chi connectivity index (χ0n) is 53.7. The Balaban J connectivity index is 1.14. The monoisotopic (exact) mass is 929 g/mol. The molecule has 3 aromatic heterocycles. The quantitative estimate of drug-likeness (QED) is 0.123. The third kappa shape index (κ3) is 6.91. The van der Waals surface area contributed by atoms with E-state index in [0.717, 1.165) is 33.2 Å². The van der Waals surface area contributed by atoms with Gasteiger partial charge in [0.2, 0.25) is 0 Å². The van der Waals surface area contributed by atoms with Crippen molar-refractivity contribution >= 4 is 32.8 Å². The van der Waals surface area contributed by atoms with Gasteiger partial charge in [0.15, 0.2) is 0 Å². The fourth-order valence-corrected chi connectivity index (χ4v) is 10.2. The summed E-state index contributed by atoms with van der Waals surface area (Å²) >= 11 is 0. The molecular formula is C66H50N4O. The highest BCUT2D eigenvalue weighted by molar-refractivity contribution is 6.10. The number of aryl methyl sites for hydroxylation is 2. The van der Waals surface area contributed by atoms with Crippen LogP contribution in [0.1, 0.15) is 58.0 Å². The van der Waals surface area contributed by atoms with E-state index in [0.29, 0.717) is 28.3 Å². The molecule has 1 aliphatic rings. The van der Waals surface area contributed by atoms with Crippen molar-refractivity contribution in [3.05, 3.63) is 235 Å². The van der Waals surface area contributed by atoms with E-state index in [1.165, 1.54) is 18.2 Å². The lowest BCUT2D eigenvalue weighted by atomic mass is 9.84. The molecule has 0 unspecified atom stereocenters. The van der Waals surface area contributed by atoms with Crippen LogP contribution < -0.4 is 9.30 Å². The van der Waals surface area contributed by atoms with Crippen molar-refractivity contribution < 1.29 is 29.9 Å². The van der Waals surface area contributed by atoms with Gasteiger partial charge in [0.1, 0.15) is 17.3 Å². The first-order valence-corrected chi connectivity index (χ1v) is 23.2. The number of ether oxygens (including phenoxy) is 1. The van der Waals surface area contributed by atoms with Crippen molar-refractivity contribution in [1.82, 2.24) is 14.1 Å². The molecule has 0 saturated heterocycles. The molecule has 0 radical (unpaired) electrons. The molecule has 0 saturated carbocycles. The summed E-state index contributed by atoms with van der Waals surface area (Å²) in [5.41, 5.74) is 4.31. The number of rotatable bonds is 6. The summed E-state index contributed by atoms with van der Waals surface area (Å²) < 4.78 is 148. The lowest BCUT2D eigenvalue weighted by Gasteiger charge is -2.20. The summed E-state index contributed by atoms with van der Waals surface area (Å²) in [6.45, 7) is 0.736. The first-order chi connectivity index (χ1) is 40.8. The molecule has 12 aromatic rings. The van der Waals surface area contributed by atoms with Gasteiger partial charge in [0.25, 0.3) is 6.33 Å². The fraction of sp³-hybridized carbons (Fsp3) is 0.0909. The lowest BCUT2D eigenvalue weighted by molar-refractivity contribution is -0.570. The number of hydrogen-bond acceptors (Lipinski definition) is 2. The Morgan fingerprint density at radius 1 is 0.549 bits per heavy atom. The molecule has 5 nitrogen and oxygen atoms in total. The van der Waals surface area contributed by atoms with Gasteiger partial charge < -0.3 is 4.74 Å². The average molecular weight is 930 g/mol. The van der Waals surface area contributed by atoms with Gasteiger partial charge in [-0.2, -0.15) is 0 Å². The van der Waals surface area contributed by atoms with Gasteiger partial charge in [-0.3, -0.25) is 13.7 Å². The number of benzene rings is 9. The van der Waals surface area contributed by atoms with Crippen molar-refractivity contribution in [3.8, 4) is 84.3 Å². The summed E-state index contributed by atoms with van der Waals surface area (Å²) in [5.74, 6) is 1.65. The predicted molar refractivity (Wildman–Crippen MR) is 291 cm³/mol. The Kier molecular flexibility index (Phi) is 6.77. The van der Waals surface area contributed by atoms with Crippen LogP contribution in [0.25, 0.3) is 106 Å². The van der Waals surface area contributed by atoms with Gasteiger partial charge in [0, 0.05) is 31.3 Å². The normalized spacial score (nSPS) is 15.4. The van der Waals surface area contributed by atoms with Crippen molar-refractivity contribution in [2.45, 2.75) is 39.9 Å². The molecule has 4 heterocycles. The fourth-order valence-electron chi connectivity index (χ4n) is 10.2. The largest absolute Gasteiger partial charge is 0.458 e. The Labute approximate surface area is 435 Å². The molecule has 1 aliphatic heterocycles. The highest BCUT2D eigenvalue weighted by Crippen LogP contribution is 2.49. The van der Waals surface area contributed by atoms with Crippen molar-refractivity contribution in [2.75, 3.05) is 0 Å². The highest BCUT2D eigenvalue weighted by atomic mass is 16.5. The molecule has 0 fully saturated rings. The molecule has 0 N–H and O–H groups in total. The van der Waals surface area contributed by atoms with E-state index >= 15 is 0 Å². The summed E-state index contributed by atoms with van der Waals surface area (Å²) in [6.07, 6.45) is 5.37. The molecule has 9 aromatic carbocycles. The van der Waals surface area contributed by atoms with Crippen LogP contribution in [0, 0.1) is 20.0 Å². The SMILES string of the molecule is [2H]c1c([2H])c([2H])c(-c2cccc3c2-[n+]2[c-]n(-c4cccc(Oc5ccc6c7ccccc7n(-c7cc(C(C)(C)C)ccn7)c6c5)c4)c4ccc(-c5c(C([2H])([2H])[2H])cccc5C([2H])([2H])[2H])c(c42)-c2ccccc2-c2c([2H])c([2H])c([2H])c([2H])c2-3)c([2H])c1[2H]. The standard InChI is InChI=1S/C66H50N4O/c1-42-18-15-19-43(2)62(42)57-34-35-59-65-63(57)55-28-12-11-25-51(55)50-24-9-10-26-52(50)56-30-17-29-49(44-20-7-6-8-21-44)64(56)69(65)41-68(59)46-22-16-23-47(39-46)71-48-32-33-54-53-27-13-14-31-58(53)70(60(54)40-48)61-38-45(36-37-67-61)66(3,4)5/h6-40H,1-5H3/i1D3,2D3,6D,7D,8D,9D,10D,20D,21D,24D,26D. The zero-order chi connectivity index (χ0) is 60.8. The number of hydrogen-bond donors (Lipinski definition) is 0. The second-order valence-electron chi connectivity index (χ2n) is 18.6. The third-order valence-corrected chi connectivity index (χ3v) is 13.4. The smallest absolute Gasteiger partial charge is 0.269 e. The average Bonchev–Trinajstić information content (AvgIpc) is 1.49. The van der Waals surface area contributed by atoms with Crippen molar-refractivity contribution in [2.24, 2.45) is 0 Å². The first-order valence-electron chi connectivity index (χ1n) is 30.7. The van der Waals surface area contributed by atoms with Crippen molar-refractivity contribution in [3.63, 3.8) is 0 Å². The van der Waals surface area contributed by atoms with Crippen LogP contribution in [0.2, 0.25) is 0 Å². The van der Waals surface area contributed by atoms with Crippen LogP contribution in [0.4, 0.5) is 0 Å². The van der Waals surface area contributed by atoms with Gasteiger partial charge >= 0.3 is 0 Å². The predicted octanol–water partition coefficient (Wildman–Crippen LogP) is 16.6. The molecule has 0 amide bonds. The number of imidazole rings is 1. The minimum atomic E-state index is -2.87. The first kappa shape index (κ1) is 29.3. The van der Waals surface area contributed by atoms with Gasteiger partial charge in [-0.1, -0.05) is 172 Å². The van der Waals surface area contributed by atoms with Gasteiger partial charge in [-0.15, -0.1) is 0 Å². The summed E-state index contributed by atoms with van der Waals surface area (Å²) in [7, 11) is 0. The lowest BCUT2D eigenvalue weighted by Crippen LogP contribution is -2.32. The van der Waals surface area contributed by atoms with Crippen LogP contribution >= 0.6 is 0 Å².